The van der Waals surface area contributed by atoms with Gasteiger partial charge < -0.3 is 10.2 Å². The summed E-state index contributed by atoms with van der Waals surface area (Å²) in [6, 6.07) is 24.6. The van der Waals surface area contributed by atoms with E-state index in [-0.39, 0.29) is 17.6 Å². The van der Waals surface area contributed by atoms with Gasteiger partial charge in [-0.2, -0.15) is 0 Å². The van der Waals surface area contributed by atoms with Crippen molar-refractivity contribution < 1.29 is 9.59 Å². The first-order valence-electron chi connectivity index (χ1n) is 10.6. The van der Waals surface area contributed by atoms with Gasteiger partial charge in [0.05, 0.1) is 5.75 Å². The smallest absolute Gasteiger partial charge is 0.242 e. The van der Waals surface area contributed by atoms with Crippen molar-refractivity contribution in [2.45, 2.75) is 24.8 Å². The Labute approximate surface area is 212 Å². The molecular weight excluding hydrogens is 520 g/mol. The fourth-order valence-corrected chi connectivity index (χ4v) is 4.92. The minimum atomic E-state index is -0.611. The van der Waals surface area contributed by atoms with E-state index in [0.717, 1.165) is 21.2 Å². The van der Waals surface area contributed by atoms with E-state index in [1.807, 2.05) is 78.9 Å². The molecule has 3 rings (SSSR count). The second kappa shape index (κ2) is 12.8. The number of benzene rings is 3. The van der Waals surface area contributed by atoms with Gasteiger partial charge in [0, 0.05) is 35.3 Å². The molecule has 0 aliphatic heterocycles. The van der Waals surface area contributed by atoms with Gasteiger partial charge in [-0.15, -0.1) is 11.8 Å². The summed E-state index contributed by atoms with van der Waals surface area (Å²) in [5.74, 6) is 0.721. The van der Waals surface area contributed by atoms with Crippen LogP contribution in [0.2, 0.25) is 5.02 Å². The van der Waals surface area contributed by atoms with Crippen molar-refractivity contribution >= 4 is 51.1 Å². The first-order chi connectivity index (χ1) is 16.0. The van der Waals surface area contributed by atoms with Crippen molar-refractivity contribution in [1.29, 1.82) is 0 Å². The van der Waals surface area contributed by atoms with Crippen molar-refractivity contribution in [2.24, 2.45) is 0 Å². The van der Waals surface area contributed by atoms with Gasteiger partial charge in [-0.1, -0.05) is 82.1 Å². The lowest BCUT2D eigenvalue weighted by Gasteiger charge is -2.31. The van der Waals surface area contributed by atoms with E-state index < -0.39 is 6.04 Å². The molecule has 172 valence electrons. The number of amides is 2. The number of hydrogen-bond donors (Lipinski definition) is 1. The molecule has 33 heavy (non-hydrogen) atoms. The average Bonchev–Trinajstić information content (AvgIpc) is 2.82. The van der Waals surface area contributed by atoms with Crippen LogP contribution >= 0.6 is 39.3 Å². The zero-order valence-corrected chi connectivity index (χ0v) is 21.5. The number of rotatable bonds is 10. The largest absolute Gasteiger partial charge is 0.357 e. The molecule has 0 aromatic heterocycles. The summed E-state index contributed by atoms with van der Waals surface area (Å²) in [6.07, 6.45) is 0.447. The van der Waals surface area contributed by atoms with Gasteiger partial charge in [0.15, 0.2) is 0 Å². The Bertz CT molecular complexity index is 1060. The molecule has 7 heteroatoms. The molecule has 0 saturated carbocycles. The summed E-state index contributed by atoms with van der Waals surface area (Å²) >= 11 is 11.0. The minimum absolute atomic E-state index is 0.0709. The minimum Gasteiger partial charge on any atom is -0.357 e. The maximum Gasteiger partial charge on any atom is 0.242 e. The Morgan fingerprint density at radius 2 is 1.67 bits per heavy atom. The summed E-state index contributed by atoms with van der Waals surface area (Å²) in [5.41, 5.74) is 3.07. The fraction of sp³-hybridized carbons (Fsp3) is 0.231. The summed E-state index contributed by atoms with van der Waals surface area (Å²) in [6.45, 7) is 0.352. The van der Waals surface area contributed by atoms with E-state index in [1.165, 1.54) is 11.8 Å². The van der Waals surface area contributed by atoms with Crippen LogP contribution in [-0.2, 0) is 28.3 Å². The number of carbonyl (C=O) groups is 2. The number of likely N-dealkylation sites (N-methyl/N-ethyl adjacent to an activating group) is 1. The van der Waals surface area contributed by atoms with E-state index in [4.69, 9.17) is 11.6 Å². The lowest BCUT2D eigenvalue weighted by atomic mass is 10.0. The van der Waals surface area contributed by atoms with Gasteiger partial charge in [0.25, 0.3) is 0 Å². The van der Waals surface area contributed by atoms with Crippen molar-refractivity contribution in [1.82, 2.24) is 10.2 Å². The van der Waals surface area contributed by atoms with E-state index in [2.05, 4.69) is 21.2 Å². The normalized spacial score (nSPS) is 11.6. The second-order valence-electron chi connectivity index (χ2n) is 7.59. The standard InChI is InChI=1S/C26H26BrClN2O2S/c1-29-26(32)24(15-19-6-3-2-4-7-19)30(16-21-8-5-9-22(27)14-21)25(31)18-33-17-20-10-12-23(28)13-11-20/h2-14,24H,15-18H2,1H3,(H,29,32). The van der Waals surface area contributed by atoms with Crippen LogP contribution in [0.3, 0.4) is 0 Å². The van der Waals surface area contributed by atoms with E-state index in [0.29, 0.717) is 23.7 Å². The first kappa shape index (κ1) is 25.3. The van der Waals surface area contributed by atoms with Crippen LogP contribution in [0.5, 0.6) is 0 Å². The van der Waals surface area contributed by atoms with Gasteiger partial charge in [0.2, 0.25) is 11.8 Å². The number of nitrogens with one attached hydrogen (secondary N) is 1. The van der Waals surface area contributed by atoms with Crippen LogP contribution in [0.25, 0.3) is 0 Å². The molecule has 0 aliphatic carbocycles. The molecule has 0 bridgehead atoms. The molecule has 1 N–H and O–H groups in total. The molecule has 1 atom stereocenters. The molecule has 3 aromatic rings. The topological polar surface area (TPSA) is 49.4 Å². The molecular formula is C26H26BrClN2O2S. The van der Waals surface area contributed by atoms with Gasteiger partial charge in [-0.05, 0) is 41.0 Å². The highest BCUT2D eigenvalue weighted by molar-refractivity contribution is 9.10. The Morgan fingerprint density at radius 3 is 2.33 bits per heavy atom. The van der Waals surface area contributed by atoms with Crippen molar-refractivity contribution in [3.8, 4) is 0 Å². The number of hydrogen-bond acceptors (Lipinski definition) is 3. The maximum atomic E-state index is 13.4. The third-order valence-electron chi connectivity index (χ3n) is 5.17. The number of nitrogens with zero attached hydrogens (tertiary/aromatic N) is 1. The van der Waals surface area contributed by atoms with E-state index in [9.17, 15) is 9.59 Å². The lowest BCUT2D eigenvalue weighted by molar-refractivity contribution is -0.139. The highest BCUT2D eigenvalue weighted by Gasteiger charge is 2.29. The molecule has 3 aromatic carbocycles. The Morgan fingerprint density at radius 1 is 0.970 bits per heavy atom. The van der Waals surface area contributed by atoms with Crippen LogP contribution in [0, 0.1) is 0 Å². The van der Waals surface area contributed by atoms with Crippen LogP contribution < -0.4 is 5.32 Å². The number of halogens is 2. The molecule has 0 aliphatic rings. The third kappa shape index (κ3) is 7.91. The summed E-state index contributed by atoms with van der Waals surface area (Å²) in [7, 11) is 1.61. The molecule has 0 radical (unpaired) electrons. The zero-order chi connectivity index (χ0) is 23.6. The molecule has 0 spiro atoms. The monoisotopic (exact) mass is 544 g/mol. The van der Waals surface area contributed by atoms with Gasteiger partial charge in [-0.3, -0.25) is 9.59 Å². The molecule has 0 heterocycles. The maximum absolute atomic E-state index is 13.4. The van der Waals surface area contributed by atoms with Crippen molar-refractivity contribution in [3.63, 3.8) is 0 Å². The van der Waals surface area contributed by atoms with E-state index >= 15 is 0 Å². The summed E-state index contributed by atoms with van der Waals surface area (Å²) in [4.78, 5) is 28.0. The Balaban J connectivity index is 1.80. The average molecular weight is 546 g/mol. The second-order valence-corrected chi connectivity index (χ2v) is 9.93. The molecule has 1 unspecified atom stereocenters. The van der Waals surface area contributed by atoms with Gasteiger partial charge in [0.1, 0.15) is 6.04 Å². The first-order valence-corrected chi connectivity index (χ1v) is 12.9. The third-order valence-corrected chi connectivity index (χ3v) is 6.90. The molecule has 4 nitrogen and oxygen atoms in total. The summed E-state index contributed by atoms with van der Waals surface area (Å²) in [5, 5.41) is 3.43. The van der Waals surface area contributed by atoms with Gasteiger partial charge >= 0.3 is 0 Å². The number of carbonyl (C=O) groups excluding carboxylic acids is 2. The predicted molar refractivity (Wildman–Crippen MR) is 140 cm³/mol. The predicted octanol–water partition coefficient (Wildman–Crippen LogP) is 5.72. The van der Waals surface area contributed by atoms with E-state index in [1.54, 1.807) is 11.9 Å². The molecule has 2 amide bonds. The highest BCUT2D eigenvalue weighted by atomic mass is 79.9. The fourth-order valence-electron chi connectivity index (χ4n) is 3.47. The zero-order valence-electron chi connectivity index (χ0n) is 18.3. The molecule has 0 fully saturated rings. The highest BCUT2D eigenvalue weighted by Crippen LogP contribution is 2.20. The van der Waals surface area contributed by atoms with Gasteiger partial charge in [-0.25, -0.2) is 0 Å². The quantitative estimate of drug-likeness (QED) is 0.354. The van der Waals surface area contributed by atoms with Crippen molar-refractivity contribution in [2.75, 3.05) is 12.8 Å². The van der Waals surface area contributed by atoms with Crippen LogP contribution in [0.15, 0.2) is 83.3 Å². The number of thioether (sulfide) groups is 1. The Kier molecular flexibility index (Phi) is 9.85. The van der Waals surface area contributed by atoms with Crippen molar-refractivity contribution in [3.05, 3.63) is 105 Å². The SMILES string of the molecule is CNC(=O)C(Cc1ccccc1)N(Cc1cccc(Br)c1)C(=O)CSCc1ccc(Cl)cc1. The lowest BCUT2D eigenvalue weighted by Crippen LogP contribution is -2.50. The van der Waals surface area contributed by atoms with Crippen LogP contribution in [0.4, 0.5) is 0 Å². The summed E-state index contributed by atoms with van der Waals surface area (Å²) < 4.78 is 0.934. The van der Waals surface area contributed by atoms with Crippen LogP contribution in [-0.4, -0.2) is 35.6 Å². The van der Waals surface area contributed by atoms with Crippen LogP contribution in [0.1, 0.15) is 16.7 Å². The Hall–Kier alpha value is -2.28. The molecule has 0 saturated heterocycles.